The summed E-state index contributed by atoms with van der Waals surface area (Å²) in [5, 5.41) is 0. The Balaban J connectivity index is 3.75. The standard InChI is InChI=1S/C10H16O4/c1-7(2)9(11)13-5-6-14-10(12)8(3)4/h5-8H,1-4H3. The molecular formula is C10H16O4. The molecule has 80 valence electrons. The summed E-state index contributed by atoms with van der Waals surface area (Å²) >= 11 is 0. The largest absolute Gasteiger partial charge is 0.431 e. The first-order valence-corrected chi connectivity index (χ1v) is 4.51. The van der Waals surface area contributed by atoms with Crippen molar-refractivity contribution in [2.45, 2.75) is 27.7 Å². The van der Waals surface area contributed by atoms with Crippen molar-refractivity contribution in [1.29, 1.82) is 0 Å². The Kier molecular flexibility index (Phi) is 5.60. The van der Waals surface area contributed by atoms with Crippen LogP contribution < -0.4 is 0 Å². The fraction of sp³-hybridized carbons (Fsp3) is 0.600. The van der Waals surface area contributed by atoms with E-state index in [1.165, 1.54) is 0 Å². The van der Waals surface area contributed by atoms with E-state index in [9.17, 15) is 9.59 Å². The molecule has 0 unspecified atom stereocenters. The van der Waals surface area contributed by atoms with Crippen LogP contribution in [0.4, 0.5) is 0 Å². The highest BCUT2D eigenvalue weighted by molar-refractivity contribution is 5.73. The van der Waals surface area contributed by atoms with Gasteiger partial charge in [0.2, 0.25) is 0 Å². The lowest BCUT2D eigenvalue weighted by molar-refractivity contribution is -0.144. The second-order valence-corrected chi connectivity index (χ2v) is 3.46. The smallest absolute Gasteiger partial charge is 0.313 e. The van der Waals surface area contributed by atoms with Crippen LogP contribution in [0.2, 0.25) is 0 Å². The van der Waals surface area contributed by atoms with E-state index in [4.69, 9.17) is 0 Å². The van der Waals surface area contributed by atoms with Crippen molar-refractivity contribution in [3.05, 3.63) is 12.5 Å². The van der Waals surface area contributed by atoms with E-state index >= 15 is 0 Å². The Morgan fingerprint density at radius 2 is 1.14 bits per heavy atom. The Labute approximate surface area is 83.9 Å². The topological polar surface area (TPSA) is 52.6 Å². The third-order valence-electron chi connectivity index (χ3n) is 1.37. The maximum Gasteiger partial charge on any atom is 0.313 e. The van der Waals surface area contributed by atoms with Gasteiger partial charge in [0, 0.05) is 0 Å². The summed E-state index contributed by atoms with van der Waals surface area (Å²) in [7, 11) is 0. The van der Waals surface area contributed by atoms with Gasteiger partial charge in [0.15, 0.2) is 0 Å². The van der Waals surface area contributed by atoms with Gasteiger partial charge in [-0.05, 0) is 0 Å². The molecule has 0 saturated heterocycles. The van der Waals surface area contributed by atoms with Crippen molar-refractivity contribution < 1.29 is 19.1 Å². The van der Waals surface area contributed by atoms with E-state index in [2.05, 4.69) is 9.47 Å². The quantitative estimate of drug-likeness (QED) is 0.513. The summed E-state index contributed by atoms with van der Waals surface area (Å²) < 4.78 is 9.27. The van der Waals surface area contributed by atoms with Gasteiger partial charge in [-0.25, -0.2) is 0 Å². The molecule has 4 heteroatoms. The van der Waals surface area contributed by atoms with Gasteiger partial charge in [0.05, 0.1) is 11.8 Å². The SMILES string of the molecule is CC(C)C(=O)OC=COC(=O)C(C)C. The molecular weight excluding hydrogens is 184 g/mol. The molecule has 0 radical (unpaired) electrons. The van der Waals surface area contributed by atoms with Crippen molar-refractivity contribution in [1.82, 2.24) is 0 Å². The summed E-state index contributed by atoms with van der Waals surface area (Å²) in [5.74, 6) is -1.11. The molecule has 0 N–H and O–H groups in total. The number of rotatable bonds is 4. The molecule has 0 aliphatic carbocycles. The zero-order valence-corrected chi connectivity index (χ0v) is 8.94. The first-order valence-electron chi connectivity index (χ1n) is 4.51. The molecule has 0 aromatic carbocycles. The van der Waals surface area contributed by atoms with Crippen LogP contribution in [-0.2, 0) is 19.1 Å². The van der Waals surface area contributed by atoms with Crippen LogP contribution in [0.1, 0.15) is 27.7 Å². The molecule has 0 aliphatic heterocycles. The first-order chi connectivity index (χ1) is 6.45. The normalized spacial score (nSPS) is 11.0. The number of esters is 2. The highest BCUT2D eigenvalue weighted by Gasteiger charge is 2.07. The Morgan fingerprint density at radius 1 is 0.857 bits per heavy atom. The number of carbonyl (C=O) groups is 2. The first kappa shape index (κ1) is 12.7. The minimum Gasteiger partial charge on any atom is -0.431 e. The van der Waals surface area contributed by atoms with Crippen LogP contribution in [0.3, 0.4) is 0 Å². The summed E-state index contributed by atoms with van der Waals surface area (Å²) in [6.45, 7) is 6.87. The number of hydrogen-bond acceptors (Lipinski definition) is 4. The molecule has 0 fully saturated rings. The van der Waals surface area contributed by atoms with Crippen LogP contribution in [0, 0.1) is 11.8 Å². The van der Waals surface area contributed by atoms with E-state index in [0.717, 1.165) is 12.5 Å². The number of hydrogen-bond donors (Lipinski definition) is 0. The van der Waals surface area contributed by atoms with E-state index in [1.807, 2.05) is 0 Å². The second-order valence-electron chi connectivity index (χ2n) is 3.46. The molecule has 0 heterocycles. The van der Waals surface area contributed by atoms with Crippen molar-refractivity contribution >= 4 is 11.9 Å². The fourth-order valence-corrected chi connectivity index (χ4v) is 0.462. The van der Waals surface area contributed by atoms with Gasteiger partial charge in [-0.1, -0.05) is 27.7 Å². The van der Waals surface area contributed by atoms with E-state index in [0.29, 0.717) is 0 Å². The lowest BCUT2D eigenvalue weighted by atomic mass is 10.2. The van der Waals surface area contributed by atoms with Gasteiger partial charge in [-0.2, -0.15) is 0 Å². The maximum atomic E-state index is 10.9. The monoisotopic (exact) mass is 200 g/mol. The summed E-state index contributed by atoms with van der Waals surface area (Å²) in [6, 6.07) is 0. The van der Waals surface area contributed by atoms with Gasteiger partial charge >= 0.3 is 11.9 Å². The molecule has 0 aromatic heterocycles. The highest BCUT2D eigenvalue weighted by Crippen LogP contribution is 1.98. The van der Waals surface area contributed by atoms with Gasteiger partial charge in [-0.15, -0.1) is 0 Å². The van der Waals surface area contributed by atoms with Crippen molar-refractivity contribution in [3.63, 3.8) is 0 Å². The van der Waals surface area contributed by atoms with Crippen molar-refractivity contribution in [3.8, 4) is 0 Å². The Morgan fingerprint density at radius 3 is 1.36 bits per heavy atom. The van der Waals surface area contributed by atoms with Gasteiger partial charge in [0.25, 0.3) is 0 Å². The number of ether oxygens (including phenoxy) is 2. The van der Waals surface area contributed by atoms with Gasteiger partial charge in [-0.3, -0.25) is 9.59 Å². The van der Waals surface area contributed by atoms with Gasteiger partial charge in [0.1, 0.15) is 12.5 Å². The summed E-state index contributed by atoms with van der Waals surface area (Å²) in [6.07, 6.45) is 2.14. The lowest BCUT2D eigenvalue weighted by Crippen LogP contribution is -2.09. The molecule has 0 aromatic rings. The van der Waals surface area contributed by atoms with Crippen molar-refractivity contribution in [2.24, 2.45) is 11.8 Å². The molecule has 14 heavy (non-hydrogen) atoms. The molecule has 0 bridgehead atoms. The summed E-state index contributed by atoms with van der Waals surface area (Å²) in [4.78, 5) is 21.8. The van der Waals surface area contributed by atoms with Crippen LogP contribution in [0.5, 0.6) is 0 Å². The molecule has 0 spiro atoms. The van der Waals surface area contributed by atoms with Crippen LogP contribution in [-0.4, -0.2) is 11.9 Å². The Bertz CT molecular complexity index is 204. The van der Waals surface area contributed by atoms with E-state index < -0.39 is 0 Å². The van der Waals surface area contributed by atoms with E-state index in [-0.39, 0.29) is 23.8 Å². The zero-order valence-electron chi connectivity index (χ0n) is 8.94. The predicted molar refractivity (Wildman–Crippen MR) is 51.0 cm³/mol. The summed E-state index contributed by atoms with van der Waals surface area (Å²) in [5.41, 5.74) is 0. The third-order valence-corrected chi connectivity index (χ3v) is 1.37. The molecule has 0 amide bonds. The van der Waals surface area contributed by atoms with Gasteiger partial charge < -0.3 is 9.47 Å². The maximum absolute atomic E-state index is 10.9. The minimum atomic E-state index is -0.359. The molecule has 0 rings (SSSR count). The number of carbonyl (C=O) groups excluding carboxylic acids is 2. The van der Waals surface area contributed by atoms with Crippen LogP contribution in [0.15, 0.2) is 12.5 Å². The molecule has 4 nitrogen and oxygen atoms in total. The molecule has 0 aliphatic rings. The van der Waals surface area contributed by atoms with Crippen LogP contribution >= 0.6 is 0 Å². The highest BCUT2D eigenvalue weighted by atomic mass is 16.6. The van der Waals surface area contributed by atoms with E-state index in [1.54, 1.807) is 27.7 Å². The van der Waals surface area contributed by atoms with Crippen molar-refractivity contribution in [2.75, 3.05) is 0 Å². The molecule has 0 atom stereocenters. The van der Waals surface area contributed by atoms with Crippen LogP contribution in [0.25, 0.3) is 0 Å². The second kappa shape index (κ2) is 6.18. The third kappa shape index (κ3) is 5.35. The average Bonchev–Trinajstić information content (AvgIpc) is 2.11. The Hall–Kier alpha value is -1.32. The zero-order chi connectivity index (χ0) is 11.1. The minimum absolute atomic E-state index is 0.194. The average molecular weight is 200 g/mol. The molecule has 0 saturated carbocycles. The predicted octanol–water partition coefficient (Wildman–Crippen LogP) is 1.86. The fourth-order valence-electron chi connectivity index (χ4n) is 0.462. The lowest BCUT2D eigenvalue weighted by Gasteiger charge is -2.02.